The highest BCUT2D eigenvalue weighted by Gasteiger charge is 2.15. The molecule has 0 saturated carbocycles. The van der Waals surface area contributed by atoms with Crippen LogP contribution < -0.4 is 10.1 Å². The SMILES string of the molecule is C=C(C=CC=CC)COc1ccc(-c2ccncc2)cc1C(=O)N/C(C)=C/N=CCCCO. The van der Waals surface area contributed by atoms with Gasteiger partial charge in [0.05, 0.1) is 5.56 Å². The van der Waals surface area contributed by atoms with Crippen LogP contribution in [0.15, 0.2) is 96.1 Å². The Hall–Kier alpha value is -3.77. The number of aliphatic hydroxyl groups excluding tert-OH is 1. The first-order valence-corrected chi connectivity index (χ1v) is 10.8. The summed E-state index contributed by atoms with van der Waals surface area (Å²) in [7, 11) is 0. The molecule has 6 nitrogen and oxygen atoms in total. The van der Waals surface area contributed by atoms with Crippen LogP contribution in [0.1, 0.15) is 37.0 Å². The third-order valence-electron chi connectivity index (χ3n) is 4.46. The van der Waals surface area contributed by atoms with Crippen molar-refractivity contribution in [2.24, 2.45) is 4.99 Å². The Balaban J connectivity index is 2.23. The van der Waals surface area contributed by atoms with E-state index in [1.807, 2.05) is 49.4 Å². The molecule has 1 aromatic carbocycles. The topological polar surface area (TPSA) is 83.8 Å². The van der Waals surface area contributed by atoms with E-state index in [1.54, 1.807) is 43.9 Å². The number of allylic oxidation sites excluding steroid dienone is 4. The predicted octanol–water partition coefficient (Wildman–Crippen LogP) is 5.25. The summed E-state index contributed by atoms with van der Waals surface area (Å²) in [5.41, 5.74) is 3.62. The Morgan fingerprint density at radius 2 is 2.00 bits per heavy atom. The molecule has 6 heteroatoms. The van der Waals surface area contributed by atoms with Gasteiger partial charge < -0.3 is 15.2 Å². The van der Waals surface area contributed by atoms with Crippen LogP contribution >= 0.6 is 0 Å². The smallest absolute Gasteiger partial charge is 0.259 e. The molecular formula is C27H31N3O3. The summed E-state index contributed by atoms with van der Waals surface area (Å²) in [5.74, 6) is 0.167. The minimum absolute atomic E-state index is 0.125. The molecule has 2 N–H and O–H groups in total. The molecule has 0 aliphatic carbocycles. The van der Waals surface area contributed by atoms with Gasteiger partial charge in [-0.1, -0.05) is 36.9 Å². The van der Waals surface area contributed by atoms with E-state index in [0.29, 0.717) is 29.9 Å². The number of nitrogens with one attached hydrogen (secondary N) is 1. The second-order valence-electron chi connectivity index (χ2n) is 7.24. The van der Waals surface area contributed by atoms with Gasteiger partial charge in [-0.2, -0.15) is 0 Å². The van der Waals surface area contributed by atoms with Crippen LogP contribution in [0.5, 0.6) is 5.75 Å². The van der Waals surface area contributed by atoms with Crippen LogP contribution in [0.4, 0.5) is 0 Å². The fourth-order valence-corrected chi connectivity index (χ4v) is 2.78. The van der Waals surface area contributed by atoms with Crippen molar-refractivity contribution in [1.82, 2.24) is 10.3 Å². The minimum atomic E-state index is -0.296. The largest absolute Gasteiger partial charge is 0.488 e. The highest BCUT2D eigenvalue weighted by molar-refractivity contribution is 5.99. The highest BCUT2D eigenvalue weighted by Crippen LogP contribution is 2.27. The van der Waals surface area contributed by atoms with Crippen LogP contribution in [0.3, 0.4) is 0 Å². The zero-order valence-corrected chi connectivity index (χ0v) is 19.2. The maximum absolute atomic E-state index is 13.1. The second-order valence-corrected chi connectivity index (χ2v) is 7.24. The fourth-order valence-electron chi connectivity index (χ4n) is 2.78. The van der Waals surface area contributed by atoms with Gasteiger partial charge in [-0.05, 0) is 67.7 Å². The summed E-state index contributed by atoms with van der Waals surface area (Å²) in [4.78, 5) is 21.3. The van der Waals surface area contributed by atoms with E-state index in [0.717, 1.165) is 16.7 Å². The molecule has 0 aliphatic heterocycles. The molecule has 172 valence electrons. The summed E-state index contributed by atoms with van der Waals surface area (Å²) in [6, 6.07) is 9.28. The van der Waals surface area contributed by atoms with E-state index >= 15 is 0 Å². The number of unbranched alkanes of at least 4 members (excludes halogenated alkanes) is 1. The van der Waals surface area contributed by atoms with Crippen molar-refractivity contribution in [3.63, 3.8) is 0 Å². The number of carbonyl (C=O) groups excluding carboxylic acids is 1. The summed E-state index contributed by atoms with van der Waals surface area (Å²) >= 11 is 0. The summed E-state index contributed by atoms with van der Waals surface area (Å²) in [6.07, 6.45) is 15.6. The average molecular weight is 446 g/mol. The van der Waals surface area contributed by atoms with Crippen LogP contribution in [-0.4, -0.2) is 35.4 Å². The number of carbonyl (C=O) groups is 1. The summed E-state index contributed by atoms with van der Waals surface area (Å²) < 4.78 is 5.93. The molecule has 1 amide bonds. The minimum Gasteiger partial charge on any atom is -0.488 e. The number of rotatable bonds is 12. The van der Waals surface area contributed by atoms with Crippen LogP contribution in [0.2, 0.25) is 0 Å². The number of aliphatic hydroxyl groups is 1. The lowest BCUT2D eigenvalue weighted by Crippen LogP contribution is -2.22. The van der Waals surface area contributed by atoms with E-state index in [1.165, 1.54) is 0 Å². The Bertz CT molecular complexity index is 1040. The van der Waals surface area contributed by atoms with Crippen molar-refractivity contribution < 1.29 is 14.6 Å². The molecule has 0 atom stereocenters. The van der Waals surface area contributed by atoms with Gasteiger partial charge in [0.1, 0.15) is 12.4 Å². The van der Waals surface area contributed by atoms with Gasteiger partial charge in [-0.3, -0.25) is 14.8 Å². The van der Waals surface area contributed by atoms with Gasteiger partial charge in [0.15, 0.2) is 0 Å². The average Bonchev–Trinajstić information content (AvgIpc) is 2.83. The molecule has 0 spiro atoms. The van der Waals surface area contributed by atoms with Crippen molar-refractivity contribution >= 4 is 12.1 Å². The molecule has 1 aromatic heterocycles. The Morgan fingerprint density at radius 3 is 2.73 bits per heavy atom. The Labute approximate surface area is 195 Å². The monoisotopic (exact) mass is 445 g/mol. The van der Waals surface area contributed by atoms with Gasteiger partial charge >= 0.3 is 0 Å². The number of aliphatic imine (C=N–C) groups is 1. The second kappa shape index (κ2) is 14.3. The van der Waals surface area contributed by atoms with Gasteiger partial charge in [-0.25, -0.2) is 0 Å². The van der Waals surface area contributed by atoms with Crippen LogP contribution in [-0.2, 0) is 0 Å². The van der Waals surface area contributed by atoms with E-state index in [-0.39, 0.29) is 19.1 Å². The third-order valence-corrected chi connectivity index (χ3v) is 4.46. The van der Waals surface area contributed by atoms with E-state index in [9.17, 15) is 4.79 Å². The lowest BCUT2D eigenvalue weighted by atomic mass is 10.0. The first-order valence-electron chi connectivity index (χ1n) is 10.8. The van der Waals surface area contributed by atoms with Crippen molar-refractivity contribution in [3.8, 4) is 16.9 Å². The molecule has 0 unspecified atom stereocenters. The number of benzene rings is 1. The third kappa shape index (κ3) is 9.09. The molecule has 0 saturated heterocycles. The van der Waals surface area contributed by atoms with Crippen LogP contribution in [0, 0.1) is 0 Å². The number of nitrogens with zero attached hydrogens (tertiary/aromatic N) is 2. The first kappa shape index (κ1) is 25.5. The molecule has 2 aromatic rings. The van der Waals surface area contributed by atoms with Gasteiger partial charge in [0.25, 0.3) is 5.91 Å². The molecule has 33 heavy (non-hydrogen) atoms. The fraction of sp³-hybridized carbons (Fsp3) is 0.222. The number of pyridine rings is 1. The Kier molecular flexibility index (Phi) is 11.1. The van der Waals surface area contributed by atoms with E-state index in [2.05, 4.69) is 21.9 Å². The van der Waals surface area contributed by atoms with Crippen molar-refractivity contribution in [3.05, 3.63) is 96.6 Å². The van der Waals surface area contributed by atoms with Gasteiger partial charge in [0.2, 0.25) is 0 Å². The normalized spacial score (nSPS) is 12.0. The Morgan fingerprint density at radius 1 is 1.21 bits per heavy atom. The highest BCUT2D eigenvalue weighted by atomic mass is 16.5. The number of hydrogen-bond donors (Lipinski definition) is 2. The van der Waals surface area contributed by atoms with Gasteiger partial charge in [0, 0.05) is 37.1 Å². The van der Waals surface area contributed by atoms with Crippen molar-refractivity contribution in [2.75, 3.05) is 13.2 Å². The zero-order valence-electron chi connectivity index (χ0n) is 19.2. The number of ether oxygens (including phenoxy) is 1. The first-order chi connectivity index (χ1) is 16.0. The molecule has 1 heterocycles. The standard InChI is InChI=1S/C27H31N3O3/c1-4-5-6-9-21(2)20-33-26-11-10-24(23-12-15-28-16-13-23)18-25(26)27(32)30-22(3)19-29-14-7-8-17-31/h4-6,9-16,18-19,31H,2,7-8,17,20H2,1,3H3,(H,30,32)/b5-4?,9-6?,22-19+,29-14?. The molecule has 0 aliphatic rings. The summed E-state index contributed by atoms with van der Waals surface area (Å²) in [6.45, 7) is 8.08. The molecule has 0 fully saturated rings. The van der Waals surface area contributed by atoms with Crippen LogP contribution in [0.25, 0.3) is 11.1 Å². The molecule has 0 radical (unpaired) electrons. The quantitative estimate of drug-likeness (QED) is 0.265. The number of hydrogen-bond acceptors (Lipinski definition) is 5. The van der Waals surface area contributed by atoms with Gasteiger partial charge in [-0.15, -0.1) is 0 Å². The zero-order chi connectivity index (χ0) is 23.9. The van der Waals surface area contributed by atoms with E-state index in [4.69, 9.17) is 9.84 Å². The van der Waals surface area contributed by atoms with Crippen molar-refractivity contribution in [1.29, 1.82) is 0 Å². The number of amides is 1. The number of aromatic nitrogens is 1. The van der Waals surface area contributed by atoms with Crippen molar-refractivity contribution in [2.45, 2.75) is 26.7 Å². The molecule has 0 bridgehead atoms. The lowest BCUT2D eigenvalue weighted by molar-refractivity contribution is 0.0962. The molecule has 2 rings (SSSR count). The predicted molar refractivity (Wildman–Crippen MR) is 134 cm³/mol. The molecular weight excluding hydrogens is 414 g/mol. The maximum atomic E-state index is 13.1. The summed E-state index contributed by atoms with van der Waals surface area (Å²) in [5, 5.41) is 11.7. The maximum Gasteiger partial charge on any atom is 0.259 e. The van der Waals surface area contributed by atoms with E-state index < -0.39 is 0 Å². The lowest BCUT2D eigenvalue weighted by Gasteiger charge is -2.14.